The molecule has 9 heteroatoms. The highest BCUT2D eigenvalue weighted by molar-refractivity contribution is 5.84. The van der Waals surface area contributed by atoms with Crippen LogP contribution in [0.5, 0.6) is 11.5 Å². The Kier molecular flexibility index (Phi) is 10.9. The van der Waals surface area contributed by atoms with Crippen LogP contribution in [-0.2, 0) is 32.0 Å². The van der Waals surface area contributed by atoms with Crippen LogP contribution in [-0.4, -0.2) is 62.6 Å². The van der Waals surface area contributed by atoms with Crippen LogP contribution in [0.3, 0.4) is 0 Å². The fourth-order valence-electron chi connectivity index (χ4n) is 4.62. The molecule has 0 radical (unpaired) electrons. The molecular formula is C29H37FN2O6. The smallest absolute Gasteiger partial charge is 0.328 e. The van der Waals surface area contributed by atoms with Crippen molar-refractivity contribution < 1.29 is 33.0 Å². The van der Waals surface area contributed by atoms with Crippen LogP contribution in [0.1, 0.15) is 43.7 Å². The zero-order valence-electron chi connectivity index (χ0n) is 22.3. The van der Waals surface area contributed by atoms with E-state index in [2.05, 4.69) is 5.32 Å². The van der Waals surface area contributed by atoms with Gasteiger partial charge in [-0.1, -0.05) is 18.2 Å². The van der Waals surface area contributed by atoms with Gasteiger partial charge in [0.15, 0.2) is 11.6 Å². The molecule has 1 saturated heterocycles. The predicted molar refractivity (Wildman–Crippen MR) is 140 cm³/mol. The number of ether oxygens (including phenoxy) is 3. The number of amides is 2. The molecule has 1 heterocycles. The molecule has 0 aliphatic carbocycles. The van der Waals surface area contributed by atoms with E-state index in [1.54, 1.807) is 43.2 Å². The number of nitrogens with one attached hydrogen (secondary N) is 1. The highest BCUT2D eigenvalue weighted by Crippen LogP contribution is 2.23. The predicted octanol–water partition coefficient (Wildman–Crippen LogP) is 3.69. The summed E-state index contributed by atoms with van der Waals surface area (Å²) in [4.78, 5) is 39.5. The Hall–Kier alpha value is -3.62. The first-order valence-electron chi connectivity index (χ1n) is 13.0. The Morgan fingerprint density at radius 3 is 2.34 bits per heavy atom. The average molecular weight is 529 g/mol. The van der Waals surface area contributed by atoms with E-state index in [-0.39, 0.29) is 29.9 Å². The second-order valence-electron chi connectivity index (χ2n) is 9.42. The van der Waals surface area contributed by atoms with Gasteiger partial charge in [-0.25, -0.2) is 9.18 Å². The van der Waals surface area contributed by atoms with Crippen molar-refractivity contribution in [1.82, 2.24) is 10.2 Å². The molecule has 3 rings (SSSR count). The number of methoxy groups -OCH3 is 2. The van der Waals surface area contributed by atoms with E-state index in [1.165, 1.54) is 13.2 Å². The van der Waals surface area contributed by atoms with Crippen LogP contribution in [0, 0.1) is 11.7 Å². The van der Waals surface area contributed by atoms with E-state index in [0.717, 1.165) is 11.1 Å². The van der Waals surface area contributed by atoms with Crippen LogP contribution in [0.25, 0.3) is 0 Å². The number of esters is 1. The lowest BCUT2D eigenvalue weighted by atomic mass is 9.92. The third-order valence-corrected chi connectivity index (χ3v) is 6.78. The molecule has 8 nitrogen and oxygen atoms in total. The third kappa shape index (κ3) is 8.46. The van der Waals surface area contributed by atoms with Crippen LogP contribution >= 0.6 is 0 Å². The van der Waals surface area contributed by atoms with Crippen LogP contribution < -0.4 is 14.8 Å². The van der Waals surface area contributed by atoms with E-state index in [1.807, 2.05) is 12.1 Å². The van der Waals surface area contributed by atoms with Gasteiger partial charge in [0.2, 0.25) is 11.8 Å². The molecule has 0 aromatic heterocycles. The largest absolute Gasteiger partial charge is 0.497 e. The molecule has 0 saturated carbocycles. The quantitative estimate of drug-likeness (QED) is 0.423. The second kappa shape index (κ2) is 14.4. The Balaban J connectivity index is 1.43. The molecule has 1 fully saturated rings. The summed E-state index contributed by atoms with van der Waals surface area (Å²) in [6, 6.07) is 11.3. The third-order valence-electron chi connectivity index (χ3n) is 6.78. The summed E-state index contributed by atoms with van der Waals surface area (Å²) < 4.78 is 29.3. The van der Waals surface area contributed by atoms with Crippen molar-refractivity contribution in [3.63, 3.8) is 0 Å². The minimum absolute atomic E-state index is 0.0208. The Morgan fingerprint density at radius 1 is 1.05 bits per heavy atom. The number of hydrogen-bond acceptors (Lipinski definition) is 6. The molecule has 2 aromatic rings. The monoisotopic (exact) mass is 528 g/mol. The molecule has 2 amide bonds. The summed E-state index contributed by atoms with van der Waals surface area (Å²) in [6.45, 7) is 3.33. The van der Waals surface area contributed by atoms with Crippen molar-refractivity contribution >= 4 is 17.8 Å². The number of halogens is 1. The number of rotatable bonds is 12. The summed E-state index contributed by atoms with van der Waals surface area (Å²) in [5.74, 6) is -0.0619. The van der Waals surface area contributed by atoms with Crippen molar-refractivity contribution in [2.75, 3.05) is 33.9 Å². The second-order valence-corrected chi connectivity index (χ2v) is 9.42. The van der Waals surface area contributed by atoms with Crippen LogP contribution in [0.4, 0.5) is 4.39 Å². The first-order chi connectivity index (χ1) is 18.3. The van der Waals surface area contributed by atoms with Gasteiger partial charge in [-0.05, 0) is 67.5 Å². The van der Waals surface area contributed by atoms with Gasteiger partial charge in [0.25, 0.3) is 0 Å². The Morgan fingerprint density at radius 2 is 1.74 bits per heavy atom. The first-order valence-corrected chi connectivity index (χ1v) is 13.0. The number of piperidine rings is 1. The van der Waals surface area contributed by atoms with Gasteiger partial charge < -0.3 is 24.4 Å². The van der Waals surface area contributed by atoms with Gasteiger partial charge in [-0.15, -0.1) is 0 Å². The number of hydrogen-bond donors (Lipinski definition) is 1. The first kappa shape index (κ1) is 28.9. The zero-order chi connectivity index (χ0) is 27.5. The molecule has 1 aliphatic heterocycles. The Labute approximate surface area is 223 Å². The SMILES string of the molecule is CCOc1ccc(CCC(=O)N2CCC(CC(=O)NC(Cc3ccc(OC)cc3)C(=O)OC)CC2)cc1F. The van der Waals surface area contributed by atoms with Gasteiger partial charge in [-0.3, -0.25) is 9.59 Å². The maximum atomic E-state index is 14.1. The summed E-state index contributed by atoms with van der Waals surface area (Å²) >= 11 is 0. The molecule has 2 aromatic carbocycles. The molecule has 38 heavy (non-hydrogen) atoms. The molecule has 1 aliphatic rings. The topological polar surface area (TPSA) is 94.2 Å². The van der Waals surface area contributed by atoms with Crippen molar-refractivity contribution in [2.24, 2.45) is 5.92 Å². The molecular weight excluding hydrogens is 491 g/mol. The molecule has 206 valence electrons. The Bertz CT molecular complexity index is 1080. The van der Waals surface area contributed by atoms with Crippen LogP contribution in [0.15, 0.2) is 42.5 Å². The van der Waals surface area contributed by atoms with Crippen molar-refractivity contribution in [3.8, 4) is 11.5 Å². The van der Waals surface area contributed by atoms with Crippen molar-refractivity contribution in [1.29, 1.82) is 0 Å². The number of likely N-dealkylation sites (tertiary alicyclic amines) is 1. The van der Waals surface area contributed by atoms with Gasteiger partial charge in [0.05, 0.1) is 20.8 Å². The minimum Gasteiger partial charge on any atom is -0.497 e. The summed E-state index contributed by atoms with van der Waals surface area (Å²) in [5.41, 5.74) is 1.63. The highest BCUT2D eigenvalue weighted by atomic mass is 19.1. The van der Waals surface area contributed by atoms with E-state index < -0.39 is 17.8 Å². The minimum atomic E-state index is -0.782. The summed E-state index contributed by atoms with van der Waals surface area (Å²) in [5, 5.41) is 2.82. The number of carbonyl (C=O) groups excluding carboxylic acids is 3. The zero-order valence-corrected chi connectivity index (χ0v) is 22.3. The number of carbonyl (C=O) groups is 3. The number of nitrogens with zero attached hydrogens (tertiary/aromatic N) is 1. The van der Waals surface area contributed by atoms with E-state index in [0.29, 0.717) is 57.6 Å². The van der Waals surface area contributed by atoms with Gasteiger partial charge in [0.1, 0.15) is 11.8 Å². The van der Waals surface area contributed by atoms with Gasteiger partial charge in [0, 0.05) is 32.4 Å². The molecule has 1 unspecified atom stereocenters. The lowest BCUT2D eigenvalue weighted by Gasteiger charge is -2.32. The normalized spacial score (nSPS) is 14.5. The van der Waals surface area contributed by atoms with E-state index >= 15 is 0 Å². The molecule has 1 N–H and O–H groups in total. The van der Waals surface area contributed by atoms with E-state index in [9.17, 15) is 18.8 Å². The average Bonchev–Trinajstić information content (AvgIpc) is 2.93. The fourth-order valence-corrected chi connectivity index (χ4v) is 4.62. The molecule has 0 bridgehead atoms. The summed E-state index contributed by atoms with van der Waals surface area (Å²) in [6.07, 6.45) is 2.76. The van der Waals surface area contributed by atoms with Gasteiger partial charge in [-0.2, -0.15) is 0 Å². The number of aryl methyl sites for hydroxylation is 1. The fraction of sp³-hybridized carbons (Fsp3) is 0.483. The maximum Gasteiger partial charge on any atom is 0.328 e. The summed E-state index contributed by atoms with van der Waals surface area (Å²) in [7, 11) is 2.88. The van der Waals surface area contributed by atoms with Crippen molar-refractivity contribution in [3.05, 3.63) is 59.4 Å². The highest BCUT2D eigenvalue weighted by Gasteiger charge is 2.27. The van der Waals surface area contributed by atoms with Crippen LogP contribution in [0.2, 0.25) is 0 Å². The molecule has 1 atom stereocenters. The number of benzene rings is 2. The molecule has 0 spiro atoms. The lowest BCUT2D eigenvalue weighted by molar-refractivity contribution is -0.145. The lowest BCUT2D eigenvalue weighted by Crippen LogP contribution is -2.44. The van der Waals surface area contributed by atoms with Crippen molar-refractivity contribution in [2.45, 2.75) is 51.5 Å². The van der Waals surface area contributed by atoms with E-state index in [4.69, 9.17) is 14.2 Å². The standard InChI is InChI=1S/C29H37FN2O6/c1-4-38-26-11-7-20(17-24(26)30)8-12-28(34)32-15-13-22(14-16-32)19-27(33)31-25(29(35)37-3)18-21-5-9-23(36-2)10-6-21/h5-7,9-11,17,22,25H,4,8,12-16,18-19H2,1-3H3,(H,31,33). The van der Waals surface area contributed by atoms with Gasteiger partial charge >= 0.3 is 5.97 Å². The maximum absolute atomic E-state index is 14.1.